The van der Waals surface area contributed by atoms with Gasteiger partial charge in [0.05, 0.1) is 15.3 Å². The molecule has 0 saturated carbocycles. The first-order valence-electron chi connectivity index (χ1n) is 9.29. The second-order valence-electron chi connectivity index (χ2n) is 6.68. The Hall–Kier alpha value is -2.47. The predicted molar refractivity (Wildman–Crippen MR) is 118 cm³/mol. The number of fused-ring (bicyclic) bond motifs is 2. The molecule has 0 N–H and O–H groups in total. The Morgan fingerprint density at radius 1 is 0.833 bits per heavy atom. The number of aromatic nitrogens is 2. The number of nitrogens with zero attached hydrogens (tertiary/aromatic N) is 2. The van der Waals surface area contributed by atoms with Crippen LogP contribution >= 0.6 is 11.3 Å². The van der Waals surface area contributed by atoms with Gasteiger partial charge in [-0.1, -0.05) is 36.4 Å². The first-order chi connectivity index (χ1) is 14.5. The van der Waals surface area contributed by atoms with Gasteiger partial charge in [-0.3, -0.25) is 4.98 Å². The van der Waals surface area contributed by atoms with Crippen molar-refractivity contribution < 1.29 is 26.7 Å². The number of hydrogen-bond donors (Lipinski definition) is 0. The maximum absolute atomic E-state index is 12.8. The summed E-state index contributed by atoms with van der Waals surface area (Å²) in [5.74, 6) is 0. The van der Waals surface area contributed by atoms with Crippen molar-refractivity contribution in [2.75, 3.05) is 0 Å². The van der Waals surface area contributed by atoms with E-state index < -0.39 is 9.84 Å². The quantitative estimate of drug-likeness (QED) is 0.338. The molecule has 0 spiro atoms. The van der Waals surface area contributed by atoms with Gasteiger partial charge in [-0.15, -0.1) is 0 Å². The van der Waals surface area contributed by atoms with Crippen LogP contribution < -0.4 is 3.60 Å². The van der Waals surface area contributed by atoms with Gasteiger partial charge < -0.3 is 0 Å². The number of rotatable bonds is 2. The van der Waals surface area contributed by atoms with Gasteiger partial charge in [-0.2, -0.15) is 0 Å². The molecule has 5 aromatic rings. The van der Waals surface area contributed by atoms with Gasteiger partial charge in [-0.05, 0) is 30.7 Å². The van der Waals surface area contributed by atoms with Crippen LogP contribution in [-0.2, 0) is 28.1 Å². The average molecular weight is 483 g/mol. The molecule has 0 saturated heterocycles. The minimum atomic E-state index is -3.56. The van der Waals surface area contributed by atoms with Gasteiger partial charge in [-0.25, -0.2) is 8.42 Å². The monoisotopic (exact) mass is 481 g/mol. The molecule has 0 amide bonds. The SMILES string of the molecule is Cc1ccccc1S(=O)(=O)c1cccc2cccnc12.[Zn][c]1nc2ccccc2s1. The zero-order chi connectivity index (χ0) is 21.1. The van der Waals surface area contributed by atoms with Crippen LogP contribution in [0, 0.1) is 6.92 Å². The second kappa shape index (κ2) is 8.72. The van der Waals surface area contributed by atoms with Crippen molar-refractivity contribution in [2.24, 2.45) is 0 Å². The third-order valence-electron chi connectivity index (χ3n) is 4.61. The minimum absolute atomic E-state index is 0.255. The molecule has 2 heterocycles. The van der Waals surface area contributed by atoms with E-state index in [1.165, 1.54) is 26.6 Å². The van der Waals surface area contributed by atoms with Crippen molar-refractivity contribution in [3.63, 3.8) is 0 Å². The summed E-state index contributed by atoms with van der Waals surface area (Å²) < 4.78 is 28.2. The molecule has 0 unspecified atom stereocenters. The van der Waals surface area contributed by atoms with Crippen molar-refractivity contribution in [1.29, 1.82) is 0 Å². The number of thiazole rings is 1. The van der Waals surface area contributed by atoms with Crippen LogP contribution in [0.4, 0.5) is 0 Å². The maximum atomic E-state index is 12.8. The molecule has 0 fully saturated rings. The molecule has 0 atom stereocenters. The first kappa shape index (κ1) is 20.8. The van der Waals surface area contributed by atoms with Crippen molar-refractivity contribution in [1.82, 2.24) is 9.97 Å². The van der Waals surface area contributed by atoms with Gasteiger partial charge in [0.2, 0.25) is 9.84 Å². The number of para-hydroxylation sites is 2. The summed E-state index contributed by atoms with van der Waals surface area (Å²) in [7, 11) is -3.56. The zero-order valence-corrected chi connectivity index (χ0v) is 20.9. The van der Waals surface area contributed by atoms with Crippen LogP contribution in [0.25, 0.3) is 21.1 Å². The Morgan fingerprint density at radius 3 is 2.33 bits per heavy atom. The van der Waals surface area contributed by atoms with E-state index in [0.717, 1.165) is 16.5 Å². The molecule has 0 bridgehead atoms. The third-order valence-corrected chi connectivity index (χ3v) is 8.68. The van der Waals surface area contributed by atoms with E-state index in [9.17, 15) is 8.42 Å². The summed E-state index contributed by atoms with van der Waals surface area (Å²) >= 11 is 2.96. The molecule has 4 nitrogen and oxygen atoms in total. The molecule has 0 aliphatic heterocycles. The normalized spacial score (nSPS) is 11.3. The Morgan fingerprint density at radius 2 is 1.53 bits per heavy atom. The van der Waals surface area contributed by atoms with Gasteiger partial charge in [0.1, 0.15) is 0 Å². The number of hydrogen-bond acceptors (Lipinski definition) is 5. The average Bonchev–Trinajstić information content (AvgIpc) is 3.14. The molecule has 0 radical (unpaired) electrons. The number of aryl methyl sites for hydroxylation is 1. The molecule has 30 heavy (non-hydrogen) atoms. The molecule has 3 aromatic carbocycles. The van der Waals surface area contributed by atoms with Crippen LogP contribution in [0.5, 0.6) is 0 Å². The van der Waals surface area contributed by atoms with Crippen LogP contribution in [0.2, 0.25) is 0 Å². The number of pyridine rings is 1. The molecule has 0 aliphatic carbocycles. The van der Waals surface area contributed by atoms with E-state index in [1.807, 2.05) is 24.3 Å². The Labute approximate surface area is 189 Å². The van der Waals surface area contributed by atoms with E-state index >= 15 is 0 Å². The van der Waals surface area contributed by atoms with Crippen LogP contribution in [0.3, 0.4) is 0 Å². The van der Waals surface area contributed by atoms with Crippen molar-refractivity contribution in [2.45, 2.75) is 16.7 Å². The summed E-state index contributed by atoms with van der Waals surface area (Å²) in [5.41, 5.74) is 2.40. The fourth-order valence-electron chi connectivity index (χ4n) is 3.19. The predicted octanol–water partition coefficient (Wildman–Crippen LogP) is 4.84. The molecule has 145 valence electrons. The molecule has 2 aromatic heterocycles. The van der Waals surface area contributed by atoms with Gasteiger partial charge in [0, 0.05) is 11.6 Å². The van der Waals surface area contributed by atoms with Crippen LogP contribution in [0.15, 0.2) is 94.9 Å². The van der Waals surface area contributed by atoms with Gasteiger partial charge >= 0.3 is 72.7 Å². The number of benzene rings is 3. The Balaban J connectivity index is 0.000000181. The van der Waals surface area contributed by atoms with Gasteiger partial charge in [0.25, 0.3) is 0 Å². The van der Waals surface area contributed by atoms with E-state index in [4.69, 9.17) is 0 Å². The summed E-state index contributed by atoms with van der Waals surface area (Å²) in [6, 6.07) is 24.1. The molecular formula is C23H17N2O2S2Zn. The van der Waals surface area contributed by atoms with Crippen molar-refractivity contribution in [3.8, 4) is 0 Å². The van der Waals surface area contributed by atoms with E-state index in [0.29, 0.717) is 10.4 Å². The van der Waals surface area contributed by atoms with E-state index in [-0.39, 0.29) is 4.90 Å². The molecule has 7 heteroatoms. The molecule has 5 rings (SSSR count). The van der Waals surface area contributed by atoms with Crippen molar-refractivity contribution in [3.05, 3.63) is 90.6 Å². The summed E-state index contributed by atoms with van der Waals surface area (Å²) in [6.07, 6.45) is 1.61. The van der Waals surface area contributed by atoms with Gasteiger partial charge in [0.15, 0.2) is 0 Å². The molecule has 0 aliphatic rings. The fraction of sp³-hybridized carbons (Fsp3) is 0.0435. The van der Waals surface area contributed by atoms with Crippen molar-refractivity contribution >= 4 is 45.9 Å². The molecular weight excluding hydrogens is 466 g/mol. The van der Waals surface area contributed by atoms with Crippen LogP contribution in [0.1, 0.15) is 5.56 Å². The van der Waals surface area contributed by atoms with Crippen LogP contribution in [-0.4, -0.2) is 18.4 Å². The summed E-state index contributed by atoms with van der Waals surface area (Å²) in [5, 5.41) is 0.821. The zero-order valence-electron chi connectivity index (χ0n) is 16.3. The summed E-state index contributed by atoms with van der Waals surface area (Å²) in [4.78, 5) is 9.20. The topological polar surface area (TPSA) is 59.9 Å². The third kappa shape index (κ3) is 4.19. The van der Waals surface area contributed by atoms with E-state index in [1.54, 1.807) is 60.9 Å². The fourth-order valence-corrected chi connectivity index (χ4v) is 6.96. The summed E-state index contributed by atoms with van der Waals surface area (Å²) in [6.45, 7) is 1.80. The first-order valence-corrected chi connectivity index (χ1v) is 13.1. The Kier molecular flexibility index (Phi) is 6.05. The van der Waals surface area contributed by atoms with E-state index in [2.05, 4.69) is 28.2 Å². The Bertz CT molecular complexity index is 1410. The number of sulfone groups is 1. The second-order valence-corrected chi connectivity index (χ2v) is 12.2. The standard InChI is InChI=1S/C16H13NO2S.C7H4NS.Zn/c1-12-6-2-3-9-14(12)20(18,19)15-10-4-7-13-8-5-11-17-16(13)15;1-2-4-7-6(3-1)8-5-9-7;/h2-11H,1H3;1-4H;.